The van der Waals surface area contributed by atoms with Crippen molar-refractivity contribution in [2.24, 2.45) is 0 Å². The van der Waals surface area contributed by atoms with Gasteiger partial charge in [-0.05, 0) is 6.07 Å². The first-order valence-electron chi connectivity index (χ1n) is 5.12. The van der Waals surface area contributed by atoms with Gasteiger partial charge >= 0.3 is 12.4 Å². The van der Waals surface area contributed by atoms with Gasteiger partial charge in [0, 0.05) is 6.20 Å². The van der Waals surface area contributed by atoms with E-state index in [1.807, 2.05) is 0 Å². The van der Waals surface area contributed by atoms with Crippen molar-refractivity contribution in [1.29, 1.82) is 0 Å². The monoisotopic (exact) mass is 305 g/mol. The summed E-state index contributed by atoms with van der Waals surface area (Å²) < 4.78 is 72.9. The zero-order valence-electron chi connectivity index (χ0n) is 9.66. The number of aliphatic hydroxyl groups excluding tert-OH is 1. The van der Waals surface area contributed by atoms with E-state index < -0.39 is 43.1 Å². The lowest BCUT2D eigenvalue weighted by atomic mass is 10.3. The van der Waals surface area contributed by atoms with Gasteiger partial charge in [-0.3, -0.25) is 9.48 Å². The highest BCUT2D eigenvalue weighted by Gasteiger charge is 2.38. The van der Waals surface area contributed by atoms with Gasteiger partial charge in [0.2, 0.25) is 5.91 Å². The van der Waals surface area contributed by atoms with Crippen molar-refractivity contribution < 1.29 is 36.2 Å². The molecular weight excluding hydrogens is 296 g/mol. The Labute approximate surface area is 108 Å². The molecule has 0 aliphatic heterocycles. The van der Waals surface area contributed by atoms with Gasteiger partial charge in [-0.15, -0.1) is 0 Å². The van der Waals surface area contributed by atoms with E-state index >= 15 is 0 Å². The molecule has 5 nitrogen and oxygen atoms in total. The molecule has 0 saturated heterocycles. The van der Waals surface area contributed by atoms with E-state index in [9.17, 15) is 31.1 Å². The van der Waals surface area contributed by atoms with Gasteiger partial charge in [-0.1, -0.05) is 0 Å². The number of aromatic nitrogens is 2. The molecule has 0 fully saturated rings. The second kappa shape index (κ2) is 5.69. The number of amides is 1. The number of hydrogen-bond donors (Lipinski definition) is 2. The molecule has 1 aromatic rings. The summed E-state index contributed by atoms with van der Waals surface area (Å²) in [6, 6.07) is 0.623. The summed E-state index contributed by atoms with van der Waals surface area (Å²) in [5, 5.41) is 13.4. The van der Waals surface area contributed by atoms with Crippen molar-refractivity contribution in [3.05, 3.63) is 18.0 Å². The molecule has 1 aromatic heterocycles. The Morgan fingerprint density at radius 3 is 2.40 bits per heavy atom. The van der Waals surface area contributed by atoms with Crippen LogP contribution in [0.15, 0.2) is 12.3 Å². The van der Waals surface area contributed by atoms with Crippen LogP contribution in [-0.4, -0.2) is 39.6 Å². The van der Waals surface area contributed by atoms with Crippen LogP contribution in [0.5, 0.6) is 0 Å². The van der Waals surface area contributed by atoms with E-state index in [-0.39, 0.29) is 0 Å². The molecule has 0 bridgehead atoms. The lowest BCUT2D eigenvalue weighted by Gasteiger charge is -2.14. The fourth-order valence-corrected chi connectivity index (χ4v) is 1.13. The van der Waals surface area contributed by atoms with E-state index in [2.05, 4.69) is 5.10 Å². The Morgan fingerprint density at radius 1 is 1.35 bits per heavy atom. The van der Waals surface area contributed by atoms with E-state index in [1.54, 1.807) is 5.32 Å². The molecule has 1 rings (SSSR count). The van der Waals surface area contributed by atoms with Gasteiger partial charge in [-0.25, -0.2) is 0 Å². The largest absolute Gasteiger partial charge is 0.435 e. The molecule has 11 heteroatoms. The summed E-state index contributed by atoms with van der Waals surface area (Å²) >= 11 is 0. The lowest BCUT2D eigenvalue weighted by molar-refractivity contribution is -0.201. The van der Waals surface area contributed by atoms with Crippen molar-refractivity contribution in [3.63, 3.8) is 0 Å². The van der Waals surface area contributed by atoms with Gasteiger partial charge in [0.05, 0.1) is 6.54 Å². The minimum absolute atomic E-state index is 0.623. The quantitative estimate of drug-likeness (QED) is 0.814. The van der Waals surface area contributed by atoms with Crippen molar-refractivity contribution in [3.8, 4) is 0 Å². The Bertz CT molecular complexity index is 467. The number of carbonyl (C=O) groups excluding carboxylic acids is 1. The third-order valence-corrected chi connectivity index (χ3v) is 2.11. The van der Waals surface area contributed by atoms with E-state index in [0.717, 1.165) is 6.20 Å². The first kappa shape index (κ1) is 16.3. The number of halogens is 6. The number of nitrogens with one attached hydrogen (secondary N) is 1. The maximum Gasteiger partial charge on any atom is 0.435 e. The predicted molar refractivity (Wildman–Crippen MR) is 52.3 cm³/mol. The number of carbonyl (C=O) groups is 1. The molecule has 0 aromatic carbocycles. The molecule has 0 spiro atoms. The first-order valence-corrected chi connectivity index (χ1v) is 5.12. The summed E-state index contributed by atoms with van der Waals surface area (Å²) in [6.45, 7) is -1.78. The maximum absolute atomic E-state index is 12.2. The molecule has 20 heavy (non-hydrogen) atoms. The summed E-state index contributed by atoms with van der Waals surface area (Å²) in [7, 11) is 0. The Morgan fingerprint density at radius 2 is 1.95 bits per heavy atom. The normalized spacial score (nSPS) is 14.2. The fourth-order valence-electron chi connectivity index (χ4n) is 1.13. The van der Waals surface area contributed by atoms with E-state index in [0.29, 0.717) is 10.7 Å². The third kappa shape index (κ3) is 4.72. The van der Waals surface area contributed by atoms with Gasteiger partial charge < -0.3 is 10.4 Å². The van der Waals surface area contributed by atoms with Crippen LogP contribution < -0.4 is 5.32 Å². The van der Waals surface area contributed by atoms with Gasteiger partial charge in [0.1, 0.15) is 6.54 Å². The van der Waals surface area contributed by atoms with Crippen LogP contribution in [0.25, 0.3) is 0 Å². The van der Waals surface area contributed by atoms with Crippen LogP contribution in [0.4, 0.5) is 26.3 Å². The molecule has 0 saturated carbocycles. The van der Waals surface area contributed by atoms with Crippen LogP contribution in [-0.2, 0) is 17.5 Å². The minimum atomic E-state index is -4.89. The summed E-state index contributed by atoms with van der Waals surface area (Å²) in [4.78, 5) is 11.2. The number of aliphatic hydroxyl groups is 1. The van der Waals surface area contributed by atoms with Crippen molar-refractivity contribution in [2.75, 3.05) is 6.54 Å². The van der Waals surface area contributed by atoms with Crippen molar-refractivity contribution >= 4 is 5.91 Å². The smallest absolute Gasteiger partial charge is 0.382 e. The van der Waals surface area contributed by atoms with Gasteiger partial charge in [0.25, 0.3) is 0 Å². The highest BCUT2D eigenvalue weighted by molar-refractivity contribution is 5.75. The van der Waals surface area contributed by atoms with Crippen LogP contribution >= 0.6 is 0 Å². The zero-order chi connectivity index (χ0) is 15.6. The number of nitrogens with zero attached hydrogens (tertiary/aromatic N) is 2. The molecule has 2 N–H and O–H groups in total. The summed E-state index contributed by atoms with van der Waals surface area (Å²) in [6.07, 6.45) is -11.4. The Hall–Kier alpha value is -1.78. The van der Waals surface area contributed by atoms with Gasteiger partial charge in [-0.2, -0.15) is 31.4 Å². The first-order chi connectivity index (χ1) is 9.00. The topological polar surface area (TPSA) is 67.2 Å². The third-order valence-electron chi connectivity index (χ3n) is 2.11. The summed E-state index contributed by atoms with van der Waals surface area (Å²) in [5.74, 6) is -1.01. The SMILES string of the molecule is O=C(Cn1ccc(C(F)(F)F)n1)NCC(O)C(F)(F)F. The molecular formula is C9H9F6N3O2. The zero-order valence-corrected chi connectivity index (χ0v) is 9.66. The molecule has 1 heterocycles. The molecule has 114 valence electrons. The second-order valence-corrected chi connectivity index (χ2v) is 3.76. The average Bonchev–Trinajstić information content (AvgIpc) is 2.72. The predicted octanol–water partition coefficient (Wildman–Crippen LogP) is 0.941. The fraction of sp³-hybridized carbons (Fsp3) is 0.556. The van der Waals surface area contributed by atoms with Crippen LogP contribution in [0.2, 0.25) is 0 Å². The Balaban J connectivity index is 2.49. The lowest BCUT2D eigenvalue weighted by Crippen LogP contribution is -2.41. The van der Waals surface area contributed by atoms with Gasteiger partial charge in [0.15, 0.2) is 11.8 Å². The van der Waals surface area contributed by atoms with Crippen molar-refractivity contribution in [2.45, 2.75) is 25.0 Å². The second-order valence-electron chi connectivity index (χ2n) is 3.76. The van der Waals surface area contributed by atoms with Crippen LogP contribution in [0.1, 0.15) is 5.69 Å². The summed E-state index contributed by atoms with van der Waals surface area (Å²) in [5.41, 5.74) is -1.22. The molecule has 0 aliphatic carbocycles. The Kier molecular flexibility index (Phi) is 4.63. The molecule has 0 radical (unpaired) electrons. The molecule has 1 atom stereocenters. The molecule has 1 amide bonds. The molecule has 1 unspecified atom stereocenters. The van der Waals surface area contributed by atoms with Crippen LogP contribution in [0.3, 0.4) is 0 Å². The minimum Gasteiger partial charge on any atom is -0.382 e. The number of rotatable bonds is 4. The number of hydrogen-bond acceptors (Lipinski definition) is 3. The number of alkyl halides is 6. The van der Waals surface area contributed by atoms with Crippen LogP contribution in [0, 0.1) is 0 Å². The van der Waals surface area contributed by atoms with Crippen molar-refractivity contribution in [1.82, 2.24) is 15.1 Å². The van der Waals surface area contributed by atoms with E-state index in [4.69, 9.17) is 5.11 Å². The average molecular weight is 305 g/mol. The highest BCUT2D eigenvalue weighted by Crippen LogP contribution is 2.27. The molecule has 0 aliphatic rings. The maximum atomic E-state index is 12.2. The highest BCUT2D eigenvalue weighted by atomic mass is 19.4. The van der Waals surface area contributed by atoms with E-state index in [1.165, 1.54) is 0 Å². The standard InChI is InChI=1S/C9H9F6N3O2/c10-8(11,12)5-1-2-18(17-5)4-7(20)16-3-6(19)9(13,14)15/h1-2,6,19H,3-4H2,(H,16,20).